The summed E-state index contributed by atoms with van der Waals surface area (Å²) in [5.74, 6) is 1.13. The number of hydrogen-bond acceptors (Lipinski definition) is 5. The van der Waals surface area contributed by atoms with E-state index in [0.717, 1.165) is 51.1 Å². The van der Waals surface area contributed by atoms with Crippen molar-refractivity contribution in [2.45, 2.75) is 109 Å². The first-order valence-corrected chi connectivity index (χ1v) is 15.8. The van der Waals surface area contributed by atoms with Gasteiger partial charge in [0, 0.05) is 50.1 Å². The zero-order chi connectivity index (χ0) is 30.1. The molecule has 0 aromatic heterocycles. The van der Waals surface area contributed by atoms with Gasteiger partial charge < -0.3 is 19.7 Å². The minimum Gasteiger partial charge on any atom is -0.491 e. The van der Waals surface area contributed by atoms with Crippen molar-refractivity contribution in [1.29, 1.82) is 0 Å². The summed E-state index contributed by atoms with van der Waals surface area (Å²) in [4.78, 5) is 31.0. The molecule has 2 aromatic carbocycles. The standard InChI is InChI=1S/C35H49N3O4/c1-24(2)41-31-13-9-12-28(18-31)35-20-29(19-30(21-35)38(22-25(35)3)33(40)42-34(4,5)6)36-32(39)15-17-37-16-14-26-10-7-8-11-27(26)23-37/h7-13,18,24-25,29-30H,14-17,19-23H2,1-6H3,(H,36,39)/t25-,29+,30+,35+/m1/s1. The molecule has 2 heterocycles. The molecule has 1 aliphatic carbocycles. The predicted octanol–water partition coefficient (Wildman–Crippen LogP) is 6.08. The Balaban J connectivity index is 1.32. The number of rotatable bonds is 7. The van der Waals surface area contributed by atoms with Crippen molar-refractivity contribution >= 4 is 12.0 Å². The second-order valence-corrected chi connectivity index (χ2v) is 14.0. The topological polar surface area (TPSA) is 71.1 Å². The van der Waals surface area contributed by atoms with Crippen LogP contribution in [0.15, 0.2) is 48.5 Å². The lowest BCUT2D eigenvalue weighted by Gasteiger charge is -2.56. The third kappa shape index (κ3) is 6.94. The van der Waals surface area contributed by atoms with Crippen molar-refractivity contribution < 1.29 is 19.1 Å². The molecule has 2 bridgehead atoms. The van der Waals surface area contributed by atoms with Crippen molar-refractivity contribution in [3.8, 4) is 5.75 Å². The van der Waals surface area contributed by atoms with Crippen molar-refractivity contribution in [1.82, 2.24) is 15.1 Å². The van der Waals surface area contributed by atoms with Gasteiger partial charge in [0.2, 0.25) is 5.91 Å². The fourth-order valence-electron chi connectivity index (χ4n) is 7.33. The highest BCUT2D eigenvalue weighted by atomic mass is 16.6. The van der Waals surface area contributed by atoms with Gasteiger partial charge in [-0.15, -0.1) is 0 Å². The molecule has 2 fully saturated rings. The summed E-state index contributed by atoms with van der Waals surface area (Å²) >= 11 is 0. The number of amides is 2. The first kappa shape index (κ1) is 30.4. The minimum absolute atomic E-state index is 0.0108. The van der Waals surface area contributed by atoms with E-state index in [0.29, 0.717) is 13.0 Å². The van der Waals surface area contributed by atoms with Crippen molar-refractivity contribution in [2.24, 2.45) is 5.92 Å². The van der Waals surface area contributed by atoms with Gasteiger partial charge >= 0.3 is 6.09 Å². The van der Waals surface area contributed by atoms with Crippen LogP contribution in [0.1, 0.15) is 83.9 Å². The van der Waals surface area contributed by atoms with Gasteiger partial charge in [-0.05, 0) is 95.0 Å². The quantitative estimate of drug-likeness (QED) is 0.433. The maximum Gasteiger partial charge on any atom is 0.410 e. The molecule has 5 rings (SSSR count). The molecule has 2 aliphatic heterocycles. The summed E-state index contributed by atoms with van der Waals surface area (Å²) in [5, 5.41) is 3.40. The van der Waals surface area contributed by atoms with Crippen LogP contribution in [0.25, 0.3) is 0 Å². The summed E-state index contributed by atoms with van der Waals surface area (Å²) in [6.07, 6.45) is 3.76. The Labute approximate surface area is 251 Å². The van der Waals surface area contributed by atoms with E-state index in [1.807, 2.05) is 45.6 Å². The van der Waals surface area contributed by atoms with Gasteiger partial charge in [0.05, 0.1) is 6.10 Å². The SMILES string of the molecule is CC(C)Oc1cccc([C@@]23C[C@@H](NC(=O)CCN4CCc5ccccc5C4)C[C@@H](C2)N(C(=O)OC(C)(C)C)C[C@H]3C)c1. The highest BCUT2D eigenvalue weighted by Gasteiger charge is 2.53. The molecule has 3 aliphatic rings. The van der Waals surface area contributed by atoms with E-state index >= 15 is 0 Å². The van der Waals surface area contributed by atoms with Crippen LogP contribution in [0.5, 0.6) is 5.75 Å². The second-order valence-electron chi connectivity index (χ2n) is 14.0. The minimum atomic E-state index is -0.561. The van der Waals surface area contributed by atoms with Gasteiger partial charge in [0.25, 0.3) is 0 Å². The smallest absolute Gasteiger partial charge is 0.410 e. The van der Waals surface area contributed by atoms with E-state index in [2.05, 4.69) is 59.6 Å². The molecule has 42 heavy (non-hydrogen) atoms. The number of carbonyl (C=O) groups is 2. The molecular formula is C35H49N3O4. The Morgan fingerprint density at radius 2 is 1.83 bits per heavy atom. The lowest BCUT2D eigenvalue weighted by Crippen LogP contribution is -2.63. The number of carbonyl (C=O) groups excluding carboxylic acids is 2. The van der Waals surface area contributed by atoms with Crippen molar-refractivity contribution in [2.75, 3.05) is 19.6 Å². The van der Waals surface area contributed by atoms with Gasteiger partial charge in [-0.3, -0.25) is 9.69 Å². The van der Waals surface area contributed by atoms with Crippen LogP contribution < -0.4 is 10.1 Å². The predicted molar refractivity (Wildman–Crippen MR) is 166 cm³/mol. The average molecular weight is 576 g/mol. The third-order valence-electron chi connectivity index (χ3n) is 9.26. The Morgan fingerprint density at radius 1 is 1.07 bits per heavy atom. The van der Waals surface area contributed by atoms with E-state index < -0.39 is 5.60 Å². The van der Waals surface area contributed by atoms with E-state index in [1.54, 1.807) is 0 Å². The normalized spacial score (nSPS) is 26.0. The molecule has 1 saturated heterocycles. The molecule has 228 valence electrons. The summed E-state index contributed by atoms with van der Waals surface area (Å²) < 4.78 is 11.9. The Morgan fingerprint density at radius 3 is 2.57 bits per heavy atom. The molecule has 2 amide bonds. The summed E-state index contributed by atoms with van der Waals surface area (Å²) in [5.41, 5.74) is 3.28. The number of nitrogens with zero attached hydrogens (tertiary/aromatic N) is 2. The Bertz CT molecular complexity index is 1270. The van der Waals surface area contributed by atoms with Crippen LogP contribution in [0.2, 0.25) is 0 Å². The van der Waals surface area contributed by atoms with Gasteiger partial charge in [0.1, 0.15) is 11.4 Å². The molecule has 4 atom stereocenters. The summed E-state index contributed by atoms with van der Waals surface area (Å²) in [7, 11) is 0. The van der Waals surface area contributed by atoms with Crippen LogP contribution in [-0.4, -0.2) is 65.2 Å². The fourth-order valence-corrected chi connectivity index (χ4v) is 7.33. The number of likely N-dealkylation sites (tertiary alicyclic amines) is 1. The van der Waals surface area contributed by atoms with Gasteiger partial charge in [-0.2, -0.15) is 0 Å². The largest absolute Gasteiger partial charge is 0.491 e. The number of benzene rings is 2. The van der Waals surface area contributed by atoms with Crippen LogP contribution in [0, 0.1) is 5.92 Å². The molecule has 2 aromatic rings. The van der Waals surface area contributed by atoms with E-state index in [9.17, 15) is 9.59 Å². The number of piperidine rings is 1. The average Bonchev–Trinajstić information content (AvgIpc) is 2.92. The van der Waals surface area contributed by atoms with Crippen LogP contribution in [0.3, 0.4) is 0 Å². The lowest BCUT2D eigenvalue weighted by atomic mass is 9.57. The van der Waals surface area contributed by atoms with Gasteiger partial charge in [-0.1, -0.05) is 43.3 Å². The molecule has 7 heteroatoms. The Kier molecular flexibility index (Phi) is 8.89. The molecule has 1 saturated carbocycles. The van der Waals surface area contributed by atoms with Gasteiger partial charge in [0.15, 0.2) is 0 Å². The zero-order valence-electron chi connectivity index (χ0n) is 26.3. The summed E-state index contributed by atoms with van der Waals surface area (Å²) in [6, 6.07) is 17.0. The molecule has 0 unspecified atom stereocenters. The monoisotopic (exact) mass is 575 g/mol. The Hall–Kier alpha value is -3.06. The van der Waals surface area contributed by atoms with Crippen molar-refractivity contribution in [3.05, 3.63) is 65.2 Å². The van der Waals surface area contributed by atoms with Crippen molar-refractivity contribution in [3.63, 3.8) is 0 Å². The number of nitrogens with one attached hydrogen (secondary N) is 1. The zero-order valence-corrected chi connectivity index (χ0v) is 26.3. The highest BCUT2D eigenvalue weighted by Crippen LogP contribution is 2.51. The molecule has 7 nitrogen and oxygen atoms in total. The first-order chi connectivity index (χ1) is 19.9. The molecule has 1 N–H and O–H groups in total. The second kappa shape index (κ2) is 12.3. The highest BCUT2D eigenvalue weighted by molar-refractivity contribution is 5.76. The molecular weight excluding hydrogens is 526 g/mol. The van der Waals surface area contributed by atoms with E-state index in [1.165, 1.54) is 16.7 Å². The van der Waals surface area contributed by atoms with Crippen LogP contribution in [0.4, 0.5) is 4.79 Å². The third-order valence-corrected chi connectivity index (χ3v) is 9.26. The van der Waals surface area contributed by atoms with Gasteiger partial charge in [-0.25, -0.2) is 4.79 Å². The fraction of sp³-hybridized carbons (Fsp3) is 0.600. The van der Waals surface area contributed by atoms with E-state index in [4.69, 9.17) is 9.47 Å². The number of fused-ring (bicyclic) bond motifs is 3. The van der Waals surface area contributed by atoms with E-state index in [-0.39, 0.29) is 41.5 Å². The van der Waals surface area contributed by atoms with Crippen LogP contribution in [-0.2, 0) is 27.9 Å². The van der Waals surface area contributed by atoms with Crippen LogP contribution >= 0.6 is 0 Å². The maximum atomic E-state index is 13.4. The maximum absolute atomic E-state index is 13.4. The number of hydrogen-bond donors (Lipinski definition) is 1. The summed E-state index contributed by atoms with van der Waals surface area (Å²) in [6.45, 7) is 15.3. The molecule has 0 radical (unpaired) electrons. The first-order valence-electron chi connectivity index (χ1n) is 15.8. The lowest BCUT2D eigenvalue weighted by molar-refractivity contribution is -0.123. The number of ether oxygens (including phenoxy) is 2. The molecule has 0 spiro atoms.